The summed E-state index contributed by atoms with van der Waals surface area (Å²) in [6, 6.07) is 17.3. The number of amides is 1. The maximum Gasteiger partial charge on any atom is 0.307 e. The van der Waals surface area contributed by atoms with Crippen LogP contribution >= 0.6 is 11.6 Å². The number of carbonyl (C=O) groups is 2. The Hall–Kier alpha value is -3.05. The minimum Gasteiger partial charge on any atom is -0.481 e. The Balaban J connectivity index is 1.53. The molecule has 0 bridgehead atoms. The minimum atomic E-state index is -0.925. The van der Waals surface area contributed by atoms with Crippen molar-refractivity contribution in [2.75, 3.05) is 5.32 Å². The molecule has 1 aromatic heterocycles. The highest BCUT2D eigenvalue weighted by atomic mass is 35.5. The maximum atomic E-state index is 13.3. The lowest BCUT2D eigenvalue weighted by Crippen LogP contribution is -2.17. The van der Waals surface area contributed by atoms with E-state index in [2.05, 4.69) is 34.1 Å². The van der Waals surface area contributed by atoms with Gasteiger partial charge in [0.15, 0.2) is 0 Å². The van der Waals surface area contributed by atoms with Crippen LogP contribution in [-0.4, -0.2) is 21.6 Å². The van der Waals surface area contributed by atoms with E-state index in [1.807, 2.05) is 18.3 Å². The van der Waals surface area contributed by atoms with Crippen molar-refractivity contribution in [2.24, 2.45) is 0 Å². The molecule has 1 saturated carbocycles. The number of hydrogen-bond acceptors (Lipinski definition) is 2. The van der Waals surface area contributed by atoms with Crippen molar-refractivity contribution in [3.05, 3.63) is 88.2 Å². The van der Waals surface area contributed by atoms with Crippen LogP contribution in [0.5, 0.6) is 0 Å². The van der Waals surface area contributed by atoms with Gasteiger partial charge in [0.1, 0.15) is 0 Å². The second-order valence-corrected chi connectivity index (χ2v) is 9.12. The number of aliphatic carboxylic acids is 1. The van der Waals surface area contributed by atoms with Gasteiger partial charge in [0.05, 0.1) is 22.7 Å². The molecule has 172 valence electrons. The van der Waals surface area contributed by atoms with Gasteiger partial charge in [0.25, 0.3) is 5.91 Å². The average Bonchev–Trinajstić information content (AvgIpc) is 3.46. The van der Waals surface area contributed by atoms with Crippen LogP contribution in [0.2, 0.25) is 5.02 Å². The van der Waals surface area contributed by atoms with Crippen molar-refractivity contribution in [3.8, 4) is 0 Å². The Bertz CT molecular complexity index is 1120. The van der Waals surface area contributed by atoms with Gasteiger partial charge in [-0.1, -0.05) is 60.8 Å². The summed E-state index contributed by atoms with van der Waals surface area (Å²) >= 11 is 6.30. The number of carboxylic acids is 1. The van der Waals surface area contributed by atoms with E-state index < -0.39 is 5.97 Å². The summed E-state index contributed by atoms with van der Waals surface area (Å²) in [6.45, 7) is 0.864. The molecule has 0 spiro atoms. The molecule has 1 amide bonds. The smallest absolute Gasteiger partial charge is 0.307 e. The number of benzene rings is 2. The third kappa shape index (κ3) is 5.85. The van der Waals surface area contributed by atoms with Gasteiger partial charge < -0.3 is 15.0 Å². The zero-order chi connectivity index (χ0) is 23.2. The molecule has 0 saturated heterocycles. The summed E-state index contributed by atoms with van der Waals surface area (Å²) in [4.78, 5) is 24.3. The first-order valence-electron chi connectivity index (χ1n) is 11.6. The molecule has 0 radical (unpaired) electrons. The fourth-order valence-electron chi connectivity index (χ4n) is 4.77. The Morgan fingerprint density at radius 3 is 2.52 bits per heavy atom. The SMILES string of the molecule is O=C(O)Cc1ccc(Cl)c(NC(=O)c2ccn(CCCc3ccccc3)c2C2CCCC2)c1. The molecule has 1 heterocycles. The summed E-state index contributed by atoms with van der Waals surface area (Å²) in [7, 11) is 0. The van der Waals surface area contributed by atoms with Crippen LogP contribution in [0.3, 0.4) is 0 Å². The molecule has 0 atom stereocenters. The van der Waals surface area contributed by atoms with Crippen LogP contribution < -0.4 is 5.32 Å². The van der Waals surface area contributed by atoms with E-state index in [-0.39, 0.29) is 12.3 Å². The first-order valence-corrected chi connectivity index (χ1v) is 11.9. The number of carbonyl (C=O) groups excluding carboxylic acids is 1. The Kier molecular flexibility index (Phi) is 7.50. The van der Waals surface area contributed by atoms with Gasteiger partial charge >= 0.3 is 5.97 Å². The topological polar surface area (TPSA) is 71.3 Å². The molecule has 4 rings (SSSR count). The molecule has 1 aliphatic rings. The lowest BCUT2D eigenvalue weighted by atomic mass is 9.99. The number of aryl methyl sites for hydroxylation is 2. The number of halogens is 1. The molecule has 33 heavy (non-hydrogen) atoms. The summed E-state index contributed by atoms with van der Waals surface area (Å²) in [5, 5.41) is 12.4. The molecule has 0 aliphatic heterocycles. The first-order chi connectivity index (χ1) is 16.0. The highest BCUT2D eigenvalue weighted by Crippen LogP contribution is 2.37. The fourth-order valence-corrected chi connectivity index (χ4v) is 4.93. The lowest BCUT2D eigenvalue weighted by Gasteiger charge is -2.17. The minimum absolute atomic E-state index is 0.120. The predicted octanol–water partition coefficient (Wildman–Crippen LogP) is 6.31. The first kappa shape index (κ1) is 23.1. The van der Waals surface area contributed by atoms with Crippen LogP contribution in [0.1, 0.15) is 65.2 Å². The van der Waals surface area contributed by atoms with E-state index in [0.29, 0.717) is 27.8 Å². The predicted molar refractivity (Wildman–Crippen MR) is 131 cm³/mol. The third-order valence-corrected chi connectivity index (χ3v) is 6.66. The Labute approximate surface area is 199 Å². The highest BCUT2D eigenvalue weighted by molar-refractivity contribution is 6.34. The van der Waals surface area contributed by atoms with Crippen molar-refractivity contribution in [1.82, 2.24) is 4.57 Å². The average molecular weight is 465 g/mol. The number of nitrogens with zero attached hydrogens (tertiary/aromatic N) is 1. The lowest BCUT2D eigenvalue weighted by molar-refractivity contribution is -0.136. The Morgan fingerprint density at radius 2 is 1.79 bits per heavy atom. The normalized spacial score (nSPS) is 13.8. The molecule has 2 aromatic carbocycles. The summed E-state index contributed by atoms with van der Waals surface area (Å²) in [5.74, 6) is -0.745. The molecular formula is C27H29ClN2O3. The summed E-state index contributed by atoms with van der Waals surface area (Å²) < 4.78 is 2.25. The highest BCUT2D eigenvalue weighted by Gasteiger charge is 2.26. The second kappa shape index (κ2) is 10.7. The van der Waals surface area contributed by atoms with Crippen molar-refractivity contribution < 1.29 is 14.7 Å². The number of anilines is 1. The number of aromatic nitrogens is 1. The van der Waals surface area contributed by atoms with Gasteiger partial charge in [-0.15, -0.1) is 0 Å². The molecular weight excluding hydrogens is 436 g/mol. The van der Waals surface area contributed by atoms with Gasteiger partial charge in [-0.2, -0.15) is 0 Å². The van der Waals surface area contributed by atoms with Crippen LogP contribution in [0.4, 0.5) is 5.69 Å². The second-order valence-electron chi connectivity index (χ2n) is 8.72. The quantitative estimate of drug-likeness (QED) is 0.389. The number of hydrogen-bond donors (Lipinski definition) is 2. The van der Waals surface area contributed by atoms with Crippen LogP contribution in [0.25, 0.3) is 0 Å². The molecule has 1 aliphatic carbocycles. The summed E-state index contributed by atoms with van der Waals surface area (Å²) in [5.41, 5.74) is 4.14. The zero-order valence-corrected chi connectivity index (χ0v) is 19.4. The van der Waals surface area contributed by atoms with E-state index >= 15 is 0 Å². The van der Waals surface area contributed by atoms with Gasteiger partial charge in [-0.25, -0.2) is 0 Å². The molecule has 6 heteroatoms. The van der Waals surface area contributed by atoms with E-state index in [9.17, 15) is 9.59 Å². The van der Waals surface area contributed by atoms with Crippen LogP contribution in [-0.2, 0) is 24.2 Å². The molecule has 3 aromatic rings. The number of carboxylic acid groups (broad SMARTS) is 1. The number of nitrogens with one attached hydrogen (secondary N) is 1. The largest absolute Gasteiger partial charge is 0.481 e. The van der Waals surface area contributed by atoms with Crippen LogP contribution in [0, 0.1) is 0 Å². The van der Waals surface area contributed by atoms with E-state index in [1.165, 1.54) is 18.4 Å². The zero-order valence-electron chi connectivity index (χ0n) is 18.6. The van der Waals surface area contributed by atoms with Crippen molar-refractivity contribution in [2.45, 2.75) is 57.4 Å². The van der Waals surface area contributed by atoms with Gasteiger partial charge in [0.2, 0.25) is 0 Å². The number of rotatable bonds is 9. The van der Waals surface area contributed by atoms with E-state index in [1.54, 1.807) is 18.2 Å². The third-order valence-electron chi connectivity index (χ3n) is 6.33. The summed E-state index contributed by atoms with van der Waals surface area (Å²) in [6.07, 6.45) is 8.46. The maximum absolute atomic E-state index is 13.3. The molecule has 5 nitrogen and oxygen atoms in total. The molecule has 2 N–H and O–H groups in total. The fraction of sp³-hybridized carbons (Fsp3) is 0.333. The van der Waals surface area contributed by atoms with Crippen molar-refractivity contribution in [3.63, 3.8) is 0 Å². The van der Waals surface area contributed by atoms with E-state index in [4.69, 9.17) is 16.7 Å². The molecule has 1 fully saturated rings. The van der Waals surface area contributed by atoms with E-state index in [0.717, 1.165) is 37.9 Å². The van der Waals surface area contributed by atoms with Gasteiger partial charge in [-0.05, 0) is 60.9 Å². The van der Waals surface area contributed by atoms with Gasteiger partial charge in [0, 0.05) is 18.4 Å². The monoisotopic (exact) mass is 464 g/mol. The van der Waals surface area contributed by atoms with Gasteiger partial charge in [-0.3, -0.25) is 9.59 Å². The van der Waals surface area contributed by atoms with Crippen molar-refractivity contribution in [1.29, 1.82) is 0 Å². The molecule has 0 unspecified atom stereocenters. The standard InChI is InChI=1S/C27H29ClN2O3/c28-23-13-12-20(18-25(31)32)17-24(23)29-27(33)22-14-16-30(26(22)21-10-4-5-11-21)15-6-9-19-7-2-1-3-8-19/h1-3,7-8,12-14,16-17,21H,4-6,9-11,15,18H2,(H,29,33)(H,31,32). The van der Waals surface area contributed by atoms with Crippen LogP contribution in [0.15, 0.2) is 60.8 Å². The Morgan fingerprint density at radius 1 is 1.03 bits per heavy atom. The van der Waals surface area contributed by atoms with Crippen molar-refractivity contribution >= 4 is 29.2 Å².